The number of anilines is 6. The van der Waals surface area contributed by atoms with E-state index in [1.54, 1.807) is 14.1 Å². The average molecular weight is 578 g/mol. The Morgan fingerprint density at radius 2 is 1.31 bits per heavy atom. The molecule has 4 aromatic rings. The molecule has 21 nitrogen and oxygen atoms in total. The van der Waals surface area contributed by atoms with Crippen molar-refractivity contribution < 1.29 is 9.59 Å². The number of carbonyl (C=O) groups is 2. The third-order valence-electron chi connectivity index (χ3n) is 5.52. The van der Waals surface area contributed by atoms with Crippen LogP contribution in [-0.4, -0.2) is 64.8 Å². The van der Waals surface area contributed by atoms with Gasteiger partial charge in [0.05, 0.1) is 18.0 Å². The molecule has 218 valence electrons. The maximum Gasteiger partial charge on any atom is 0.254 e. The number of aldehydes is 1. The zero-order valence-corrected chi connectivity index (χ0v) is 22.4. The molecule has 0 saturated heterocycles. The van der Waals surface area contributed by atoms with Crippen LogP contribution in [0, 0.1) is 0 Å². The summed E-state index contributed by atoms with van der Waals surface area (Å²) in [7, 11) is 3.18. The van der Waals surface area contributed by atoms with E-state index < -0.39 is 5.91 Å². The molecule has 0 spiro atoms. The number of rotatable bonds is 12. The molecule has 0 aliphatic carbocycles. The molecule has 4 rings (SSSR count). The van der Waals surface area contributed by atoms with Gasteiger partial charge in [0, 0.05) is 27.2 Å². The van der Waals surface area contributed by atoms with Gasteiger partial charge in [-0.1, -0.05) is 0 Å². The molecule has 0 unspecified atom stereocenters. The monoisotopic (exact) mass is 577 g/mol. The SMILES string of the molecule is Cn1ncc(C=O)c1N=Nc1c(N)nc(N)nc1NCCCNc1nc(N)nc(N)c1N=Nc1c(C(N)=O)cnn1C. The Morgan fingerprint density at radius 1 is 0.810 bits per heavy atom. The Balaban J connectivity index is 1.45. The van der Waals surface area contributed by atoms with Crippen LogP contribution in [0.3, 0.4) is 0 Å². The van der Waals surface area contributed by atoms with Gasteiger partial charge in [0.2, 0.25) is 11.9 Å². The molecule has 0 atom stereocenters. The first-order chi connectivity index (χ1) is 20.1. The predicted molar refractivity (Wildman–Crippen MR) is 152 cm³/mol. The van der Waals surface area contributed by atoms with Gasteiger partial charge in [-0.2, -0.15) is 30.1 Å². The molecule has 0 aliphatic rings. The van der Waals surface area contributed by atoms with E-state index in [0.29, 0.717) is 25.8 Å². The topological polar surface area (TPSA) is 325 Å². The van der Waals surface area contributed by atoms with Crippen molar-refractivity contribution in [2.24, 2.45) is 40.3 Å². The third kappa shape index (κ3) is 6.30. The molecule has 0 aromatic carbocycles. The number of hydrogen-bond acceptors (Lipinski definition) is 18. The van der Waals surface area contributed by atoms with E-state index in [-0.39, 0.29) is 69.3 Å². The largest absolute Gasteiger partial charge is 0.382 e. The summed E-state index contributed by atoms with van der Waals surface area (Å²) in [5.74, 6) is -0.153. The summed E-state index contributed by atoms with van der Waals surface area (Å²) >= 11 is 0. The van der Waals surface area contributed by atoms with Gasteiger partial charge in [0.15, 0.2) is 52.6 Å². The van der Waals surface area contributed by atoms with Gasteiger partial charge in [-0.25, -0.2) is 9.36 Å². The van der Waals surface area contributed by atoms with Crippen molar-refractivity contribution in [3.8, 4) is 0 Å². The smallest absolute Gasteiger partial charge is 0.254 e. The second-order valence-corrected chi connectivity index (χ2v) is 8.47. The molecule has 42 heavy (non-hydrogen) atoms. The number of amides is 1. The number of primary amides is 1. The summed E-state index contributed by atoms with van der Waals surface area (Å²) in [4.78, 5) is 39.0. The van der Waals surface area contributed by atoms with Crippen LogP contribution in [0.15, 0.2) is 32.9 Å². The van der Waals surface area contributed by atoms with Crippen LogP contribution in [0.4, 0.5) is 58.2 Å². The predicted octanol–water partition coefficient (Wildman–Crippen LogP) is 0.719. The first-order valence-electron chi connectivity index (χ1n) is 12.0. The minimum absolute atomic E-state index is 0.0171. The number of nitrogens with one attached hydrogen (secondary N) is 2. The lowest BCUT2D eigenvalue weighted by Gasteiger charge is -2.12. The quantitative estimate of drug-likeness (QED) is 0.0692. The van der Waals surface area contributed by atoms with Gasteiger partial charge >= 0.3 is 0 Å². The van der Waals surface area contributed by atoms with E-state index in [1.165, 1.54) is 21.8 Å². The Morgan fingerprint density at radius 3 is 1.83 bits per heavy atom. The Hall–Kier alpha value is -6.28. The second kappa shape index (κ2) is 12.3. The minimum Gasteiger partial charge on any atom is -0.382 e. The summed E-state index contributed by atoms with van der Waals surface area (Å²) in [6.07, 6.45) is 3.75. The second-order valence-electron chi connectivity index (χ2n) is 8.47. The molecule has 0 fully saturated rings. The standard InChI is InChI=1S/C21H27N19O2/c1-39-18(9(8-41)6-29-39)37-35-11-13(22)31-20(25)33-16(11)27-4-3-5-28-17-12(14(23)32-21(26)34-17)36-38-19-10(15(24)42)7-30-40(19)2/h6-8H,3-5H2,1-2H3,(H2,24,42)(H5,22,25,27,31,33)(H5,23,26,28,32,34). The minimum atomic E-state index is -0.719. The highest BCUT2D eigenvalue weighted by Crippen LogP contribution is 2.33. The summed E-state index contributed by atoms with van der Waals surface area (Å²) in [6.45, 7) is 0.717. The third-order valence-corrected chi connectivity index (χ3v) is 5.52. The summed E-state index contributed by atoms with van der Waals surface area (Å²) in [5.41, 5.74) is 29.4. The van der Waals surface area contributed by atoms with E-state index in [9.17, 15) is 9.59 Å². The molecular formula is C21H27N19O2. The number of nitrogen functional groups attached to an aromatic ring is 4. The number of azo groups is 2. The molecule has 12 N–H and O–H groups in total. The lowest BCUT2D eigenvalue weighted by Crippen LogP contribution is -2.13. The molecule has 4 heterocycles. The number of aromatic nitrogens is 8. The number of hydrogen-bond donors (Lipinski definition) is 7. The number of nitrogens with zero attached hydrogens (tertiary/aromatic N) is 12. The van der Waals surface area contributed by atoms with Crippen molar-refractivity contribution >= 4 is 70.4 Å². The number of nitrogens with two attached hydrogens (primary N) is 5. The van der Waals surface area contributed by atoms with Crippen LogP contribution in [-0.2, 0) is 14.1 Å². The van der Waals surface area contributed by atoms with Crippen molar-refractivity contribution in [1.82, 2.24) is 39.5 Å². The Kier molecular flexibility index (Phi) is 8.39. The van der Waals surface area contributed by atoms with Crippen molar-refractivity contribution in [3.63, 3.8) is 0 Å². The fraction of sp³-hybridized carbons (Fsp3) is 0.238. The van der Waals surface area contributed by atoms with Gasteiger partial charge < -0.3 is 39.3 Å². The number of carbonyl (C=O) groups excluding carboxylic acids is 2. The van der Waals surface area contributed by atoms with E-state index in [0.717, 1.165) is 0 Å². The average Bonchev–Trinajstić information content (AvgIpc) is 3.48. The highest BCUT2D eigenvalue weighted by atomic mass is 16.1. The first-order valence-corrected chi connectivity index (χ1v) is 12.0. The fourth-order valence-electron chi connectivity index (χ4n) is 3.50. The fourth-order valence-corrected chi connectivity index (χ4v) is 3.50. The van der Waals surface area contributed by atoms with Crippen LogP contribution in [0.1, 0.15) is 27.1 Å². The van der Waals surface area contributed by atoms with Crippen molar-refractivity contribution in [1.29, 1.82) is 0 Å². The maximum atomic E-state index is 11.7. The van der Waals surface area contributed by atoms with E-state index in [2.05, 4.69) is 61.2 Å². The highest BCUT2D eigenvalue weighted by Gasteiger charge is 2.16. The Labute approximate surface area is 236 Å². The van der Waals surface area contributed by atoms with Gasteiger partial charge in [-0.05, 0) is 6.42 Å². The van der Waals surface area contributed by atoms with Crippen molar-refractivity contribution in [2.45, 2.75) is 6.42 Å². The van der Waals surface area contributed by atoms with Gasteiger partial charge in [0.25, 0.3) is 5.91 Å². The van der Waals surface area contributed by atoms with Crippen LogP contribution in [0.2, 0.25) is 0 Å². The van der Waals surface area contributed by atoms with Crippen LogP contribution >= 0.6 is 0 Å². The maximum absolute atomic E-state index is 11.7. The first kappa shape index (κ1) is 28.7. The van der Waals surface area contributed by atoms with Crippen molar-refractivity contribution in [3.05, 3.63) is 23.5 Å². The zero-order valence-electron chi connectivity index (χ0n) is 22.4. The van der Waals surface area contributed by atoms with Crippen LogP contribution in [0.5, 0.6) is 0 Å². The molecule has 0 aliphatic heterocycles. The summed E-state index contributed by atoms with van der Waals surface area (Å²) in [5, 5.41) is 30.5. The number of aryl methyl sites for hydroxylation is 2. The van der Waals surface area contributed by atoms with Crippen LogP contribution < -0.4 is 39.3 Å². The Bertz CT molecular complexity index is 1690. The lowest BCUT2D eigenvalue weighted by molar-refractivity contribution is 0.100. The van der Waals surface area contributed by atoms with Gasteiger partial charge in [-0.3, -0.25) is 9.59 Å². The highest BCUT2D eigenvalue weighted by molar-refractivity contribution is 5.96. The molecule has 4 aromatic heterocycles. The summed E-state index contributed by atoms with van der Waals surface area (Å²) in [6, 6.07) is 0. The molecule has 21 heteroatoms. The molecule has 0 radical (unpaired) electrons. The van der Waals surface area contributed by atoms with Gasteiger partial charge in [0.1, 0.15) is 5.56 Å². The molecular weight excluding hydrogens is 550 g/mol. The van der Waals surface area contributed by atoms with E-state index in [4.69, 9.17) is 28.7 Å². The normalized spacial score (nSPS) is 11.4. The molecule has 0 bridgehead atoms. The van der Waals surface area contributed by atoms with E-state index >= 15 is 0 Å². The van der Waals surface area contributed by atoms with Gasteiger partial charge in [-0.15, -0.1) is 20.5 Å². The van der Waals surface area contributed by atoms with E-state index in [1.807, 2.05) is 0 Å². The molecule has 0 saturated carbocycles. The lowest BCUT2D eigenvalue weighted by atomic mass is 10.3. The summed E-state index contributed by atoms with van der Waals surface area (Å²) < 4.78 is 2.71. The zero-order chi connectivity index (χ0) is 30.4. The molecule has 1 amide bonds. The van der Waals surface area contributed by atoms with Crippen LogP contribution in [0.25, 0.3) is 0 Å². The van der Waals surface area contributed by atoms with Crippen molar-refractivity contribution in [2.75, 3.05) is 46.7 Å².